The van der Waals surface area contributed by atoms with Gasteiger partial charge in [-0.15, -0.1) is 0 Å². The van der Waals surface area contributed by atoms with E-state index in [2.05, 4.69) is 58.9 Å². The molecular weight excluding hydrogens is 262 g/mol. The lowest BCUT2D eigenvalue weighted by molar-refractivity contribution is 0.122. The van der Waals surface area contributed by atoms with Crippen molar-refractivity contribution in [3.05, 3.63) is 34.3 Å². The molecule has 0 amide bonds. The first-order valence-corrected chi connectivity index (χ1v) is 6.93. The van der Waals surface area contributed by atoms with Crippen LogP contribution in [0.3, 0.4) is 0 Å². The van der Waals surface area contributed by atoms with Crippen LogP contribution in [-0.2, 0) is 6.54 Å². The second kappa shape index (κ2) is 5.33. The fourth-order valence-corrected chi connectivity index (χ4v) is 3.01. The van der Waals surface area contributed by atoms with E-state index in [0.717, 1.165) is 18.5 Å². The third-order valence-corrected chi connectivity index (χ3v) is 4.04. The first kappa shape index (κ1) is 12.1. The molecule has 1 aromatic rings. The summed E-state index contributed by atoms with van der Waals surface area (Å²) < 4.78 is 1.18. The highest BCUT2D eigenvalue weighted by molar-refractivity contribution is 9.10. The fraction of sp³-hybridized carbons (Fsp3) is 0.571. The van der Waals surface area contributed by atoms with Gasteiger partial charge in [-0.3, -0.25) is 4.90 Å². The molecule has 1 fully saturated rings. The third-order valence-electron chi connectivity index (χ3n) is 3.55. The Bertz CT molecular complexity index is 350. The summed E-state index contributed by atoms with van der Waals surface area (Å²) in [5, 5.41) is 0. The van der Waals surface area contributed by atoms with Crippen molar-refractivity contribution in [3.8, 4) is 0 Å². The molecule has 0 saturated carbocycles. The van der Waals surface area contributed by atoms with Crippen molar-refractivity contribution < 1.29 is 0 Å². The SMILES string of the molecule is CC1CCN(Cc2cccc(Br)c2)C(C)C1. The van der Waals surface area contributed by atoms with Gasteiger partial charge in [0.05, 0.1) is 0 Å². The van der Waals surface area contributed by atoms with Crippen molar-refractivity contribution in [2.75, 3.05) is 6.54 Å². The number of hydrogen-bond acceptors (Lipinski definition) is 1. The van der Waals surface area contributed by atoms with Crippen LogP contribution in [-0.4, -0.2) is 17.5 Å². The molecule has 1 aliphatic rings. The van der Waals surface area contributed by atoms with Crippen LogP contribution < -0.4 is 0 Å². The van der Waals surface area contributed by atoms with Gasteiger partial charge in [-0.25, -0.2) is 0 Å². The molecule has 2 heteroatoms. The largest absolute Gasteiger partial charge is 0.296 e. The first-order valence-electron chi connectivity index (χ1n) is 6.13. The van der Waals surface area contributed by atoms with Gasteiger partial charge in [0.25, 0.3) is 0 Å². The van der Waals surface area contributed by atoms with Gasteiger partial charge in [-0.1, -0.05) is 35.0 Å². The zero-order valence-electron chi connectivity index (χ0n) is 10.1. The Balaban J connectivity index is 1.99. The average molecular weight is 282 g/mol. The molecule has 1 nitrogen and oxygen atoms in total. The van der Waals surface area contributed by atoms with Crippen molar-refractivity contribution in [1.29, 1.82) is 0 Å². The van der Waals surface area contributed by atoms with E-state index in [1.54, 1.807) is 0 Å². The van der Waals surface area contributed by atoms with E-state index in [0.29, 0.717) is 0 Å². The number of nitrogens with zero attached hydrogens (tertiary/aromatic N) is 1. The van der Waals surface area contributed by atoms with Gasteiger partial charge < -0.3 is 0 Å². The Morgan fingerprint density at radius 3 is 2.88 bits per heavy atom. The highest BCUT2D eigenvalue weighted by Gasteiger charge is 2.22. The van der Waals surface area contributed by atoms with Crippen LogP contribution in [0.15, 0.2) is 28.7 Å². The van der Waals surface area contributed by atoms with Crippen LogP contribution in [0.5, 0.6) is 0 Å². The van der Waals surface area contributed by atoms with Crippen molar-refractivity contribution in [2.45, 2.75) is 39.3 Å². The predicted molar refractivity (Wildman–Crippen MR) is 72.4 cm³/mol. The van der Waals surface area contributed by atoms with Crippen LogP contribution >= 0.6 is 15.9 Å². The molecule has 0 bridgehead atoms. The summed E-state index contributed by atoms with van der Waals surface area (Å²) in [7, 11) is 0. The van der Waals surface area contributed by atoms with Crippen LogP contribution in [0.25, 0.3) is 0 Å². The summed E-state index contributed by atoms with van der Waals surface area (Å²) in [6.45, 7) is 7.06. The van der Waals surface area contributed by atoms with Crippen LogP contribution in [0.1, 0.15) is 32.3 Å². The molecule has 16 heavy (non-hydrogen) atoms. The summed E-state index contributed by atoms with van der Waals surface area (Å²) in [5.74, 6) is 0.897. The normalized spacial score (nSPS) is 26.9. The zero-order chi connectivity index (χ0) is 11.5. The van der Waals surface area contributed by atoms with Gasteiger partial charge in [0, 0.05) is 17.1 Å². The Labute approximate surface area is 107 Å². The monoisotopic (exact) mass is 281 g/mol. The number of likely N-dealkylation sites (tertiary alicyclic amines) is 1. The van der Waals surface area contributed by atoms with E-state index >= 15 is 0 Å². The molecule has 0 radical (unpaired) electrons. The van der Waals surface area contributed by atoms with Gasteiger partial charge in [0.15, 0.2) is 0 Å². The Morgan fingerprint density at radius 2 is 2.19 bits per heavy atom. The average Bonchev–Trinajstić information content (AvgIpc) is 2.22. The maximum absolute atomic E-state index is 3.53. The Kier molecular flexibility index (Phi) is 4.04. The van der Waals surface area contributed by atoms with Gasteiger partial charge in [0.1, 0.15) is 0 Å². The van der Waals surface area contributed by atoms with Crippen molar-refractivity contribution >= 4 is 15.9 Å². The highest BCUT2D eigenvalue weighted by Crippen LogP contribution is 2.24. The van der Waals surface area contributed by atoms with Crippen molar-refractivity contribution in [3.63, 3.8) is 0 Å². The summed E-state index contributed by atoms with van der Waals surface area (Å²) in [6.07, 6.45) is 2.69. The van der Waals surface area contributed by atoms with Gasteiger partial charge in [-0.2, -0.15) is 0 Å². The highest BCUT2D eigenvalue weighted by atomic mass is 79.9. The van der Waals surface area contributed by atoms with E-state index in [1.807, 2.05) is 0 Å². The summed E-state index contributed by atoms with van der Waals surface area (Å²) in [6, 6.07) is 9.38. The smallest absolute Gasteiger partial charge is 0.0236 e. The van der Waals surface area contributed by atoms with E-state index in [4.69, 9.17) is 0 Å². The second-order valence-electron chi connectivity index (χ2n) is 5.08. The van der Waals surface area contributed by atoms with Gasteiger partial charge in [-0.05, 0) is 49.9 Å². The summed E-state index contributed by atoms with van der Waals surface area (Å²) in [4.78, 5) is 2.60. The second-order valence-corrected chi connectivity index (χ2v) is 5.99. The lowest BCUT2D eigenvalue weighted by Gasteiger charge is -2.36. The fourth-order valence-electron chi connectivity index (χ4n) is 2.56. The summed E-state index contributed by atoms with van der Waals surface area (Å²) in [5.41, 5.74) is 1.41. The molecule has 2 unspecified atom stereocenters. The van der Waals surface area contributed by atoms with Crippen LogP contribution in [0, 0.1) is 5.92 Å². The van der Waals surface area contributed by atoms with E-state index in [-0.39, 0.29) is 0 Å². The predicted octanol–water partition coefficient (Wildman–Crippen LogP) is 4.07. The molecule has 88 valence electrons. The Morgan fingerprint density at radius 1 is 1.38 bits per heavy atom. The van der Waals surface area contributed by atoms with Crippen molar-refractivity contribution in [2.24, 2.45) is 5.92 Å². The van der Waals surface area contributed by atoms with E-state index in [1.165, 1.54) is 29.4 Å². The molecule has 2 rings (SSSR count). The van der Waals surface area contributed by atoms with Crippen LogP contribution in [0.2, 0.25) is 0 Å². The minimum atomic E-state index is 0.725. The number of halogens is 1. The zero-order valence-corrected chi connectivity index (χ0v) is 11.7. The summed E-state index contributed by atoms with van der Waals surface area (Å²) >= 11 is 3.53. The molecular formula is C14H20BrN. The van der Waals surface area contributed by atoms with Crippen LogP contribution in [0.4, 0.5) is 0 Å². The van der Waals surface area contributed by atoms with E-state index in [9.17, 15) is 0 Å². The number of piperidine rings is 1. The number of rotatable bonds is 2. The topological polar surface area (TPSA) is 3.24 Å². The standard InChI is InChI=1S/C14H20BrN/c1-11-6-7-16(12(2)8-11)10-13-4-3-5-14(15)9-13/h3-5,9,11-12H,6-8,10H2,1-2H3. The maximum Gasteiger partial charge on any atom is 0.0236 e. The molecule has 0 aliphatic carbocycles. The molecule has 1 saturated heterocycles. The van der Waals surface area contributed by atoms with E-state index < -0.39 is 0 Å². The number of benzene rings is 1. The van der Waals surface area contributed by atoms with Crippen molar-refractivity contribution in [1.82, 2.24) is 4.90 Å². The minimum Gasteiger partial charge on any atom is -0.296 e. The lowest BCUT2D eigenvalue weighted by Crippen LogP contribution is -2.39. The van der Waals surface area contributed by atoms with Gasteiger partial charge >= 0.3 is 0 Å². The van der Waals surface area contributed by atoms with Gasteiger partial charge in [0.2, 0.25) is 0 Å². The molecule has 1 heterocycles. The maximum atomic E-state index is 3.53. The molecule has 0 aromatic heterocycles. The third kappa shape index (κ3) is 3.08. The molecule has 1 aliphatic heterocycles. The molecule has 0 spiro atoms. The minimum absolute atomic E-state index is 0.725. The number of hydrogen-bond donors (Lipinski definition) is 0. The lowest BCUT2D eigenvalue weighted by atomic mass is 9.93. The quantitative estimate of drug-likeness (QED) is 0.790. The Hall–Kier alpha value is -0.340. The molecule has 0 N–H and O–H groups in total. The molecule has 1 aromatic carbocycles. The molecule has 2 atom stereocenters. The first-order chi connectivity index (χ1) is 7.65.